The molecule has 6 aromatic rings. The molecule has 0 radical (unpaired) electrons. The van der Waals surface area contributed by atoms with Gasteiger partial charge in [0.2, 0.25) is 0 Å². The van der Waals surface area contributed by atoms with Crippen LogP contribution in [-0.2, 0) is 0 Å². The van der Waals surface area contributed by atoms with Crippen molar-refractivity contribution in [1.82, 2.24) is 10.6 Å². The van der Waals surface area contributed by atoms with Gasteiger partial charge >= 0.3 is 0 Å². The molecule has 2 saturated carbocycles. The van der Waals surface area contributed by atoms with E-state index >= 15 is 0 Å². The number of fused-ring (bicyclic) bond motifs is 4. The zero-order valence-electron chi connectivity index (χ0n) is 34.2. The number of hydrogen-bond donors (Lipinski definition) is 2. The van der Waals surface area contributed by atoms with Gasteiger partial charge in [0, 0.05) is 75.1 Å². The van der Waals surface area contributed by atoms with E-state index in [4.69, 9.17) is 33.2 Å². The third-order valence-corrected chi connectivity index (χ3v) is 14.6. The van der Waals surface area contributed by atoms with Gasteiger partial charge < -0.3 is 10.6 Å². The van der Waals surface area contributed by atoms with E-state index in [-0.39, 0.29) is 23.9 Å². The minimum atomic E-state index is -0.0176. The number of aliphatic imine (C=N–C) groups is 2. The maximum atomic E-state index is 12.9. The van der Waals surface area contributed by atoms with E-state index in [0.717, 1.165) is 90.3 Å². The second kappa shape index (κ2) is 19.5. The Kier molecular flexibility index (Phi) is 13.3. The maximum Gasteiger partial charge on any atom is 0.251 e. The lowest BCUT2D eigenvalue weighted by Crippen LogP contribution is -2.36. The number of halogens is 2. The van der Waals surface area contributed by atoms with Crippen LogP contribution in [0.15, 0.2) is 163 Å². The van der Waals surface area contributed by atoms with Crippen molar-refractivity contribution in [1.29, 1.82) is 0 Å². The summed E-state index contributed by atoms with van der Waals surface area (Å²) >= 11 is 16.2. The predicted octanol–water partition coefficient (Wildman–Crippen LogP) is 14.1. The van der Waals surface area contributed by atoms with Gasteiger partial charge in [0.25, 0.3) is 11.8 Å². The number of benzene rings is 6. The fourth-order valence-electron chi connectivity index (χ4n) is 8.51. The van der Waals surface area contributed by atoms with Crippen LogP contribution in [0.4, 0.5) is 11.4 Å². The standard InChI is InChI=1S/2C26H23ClN2OS/c27-21-12-6-4-10-19(21)25-20-11-5-7-13-23(20)31-24-15-14-17(16-22(24)29-25)26(30)28-18-8-2-1-3-9-18;27-19-8-6-7-17(15-19)25-21-11-4-5-12-23(21)31-24-14-13-18(16-22(24)29-25)26(30)28-20-9-2-1-3-10-20/h4-7,10-16,18H,1-3,8-9H2,(H,28,30);4-8,11-16,20H,1-3,9-10H2,(H,28,30). The summed E-state index contributed by atoms with van der Waals surface area (Å²) in [5, 5.41) is 7.76. The zero-order chi connectivity index (χ0) is 42.4. The van der Waals surface area contributed by atoms with Crippen molar-refractivity contribution in [2.24, 2.45) is 9.98 Å². The Morgan fingerprint density at radius 1 is 0.484 bits per heavy atom. The fraction of sp³-hybridized carbons (Fsp3) is 0.231. The first-order valence-corrected chi connectivity index (χ1v) is 23.9. The fourth-order valence-corrected chi connectivity index (χ4v) is 10.9. The van der Waals surface area contributed by atoms with Crippen LogP contribution in [0.2, 0.25) is 10.0 Å². The summed E-state index contributed by atoms with van der Waals surface area (Å²) in [4.78, 5) is 40.2. The minimum absolute atomic E-state index is 0.0130. The number of rotatable bonds is 6. The average Bonchev–Trinajstić information content (AvgIpc) is 3.57. The summed E-state index contributed by atoms with van der Waals surface area (Å²) in [6.45, 7) is 0. The molecule has 2 N–H and O–H groups in total. The molecule has 6 aromatic carbocycles. The Morgan fingerprint density at radius 3 is 1.50 bits per heavy atom. The Bertz CT molecular complexity index is 2700. The highest BCUT2D eigenvalue weighted by Crippen LogP contribution is 2.43. The van der Waals surface area contributed by atoms with E-state index in [9.17, 15) is 9.59 Å². The van der Waals surface area contributed by atoms with E-state index < -0.39 is 0 Å². The van der Waals surface area contributed by atoms with Crippen LogP contribution in [0, 0.1) is 0 Å². The molecule has 312 valence electrons. The molecule has 6 nitrogen and oxygen atoms in total. The summed E-state index contributed by atoms with van der Waals surface area (Å²) < 4.78 is 0. The second-order valence-corrected chi connectivity index (χ2v) is 19.1. The lowest BCUT2D eigenvalue weighted by atomic mass is 9.95. The first-order valence-electron chi connectivity index (χ1n) is 21.5. The van der Waals surface area contributed by atoms with Crippen LogP contribution in [0.5, 0.6) is 0 Å². The molecule has 4 aliphatic rings. The van der Waals surface area contributed by atoms with Crippen LogP contribution in [-0.4, -0.2) is 35.3 Å². The lowest BCUT2D eigenvalue weighted by Gasteiger charge is -2.22. The van der Waals surface area contributed by atoms with E-state index in [0.29, 0.717) is 21.2 Å². The van der Waals surface area contributed by atoms with E-state index in [1.807, 2.05) is 109 Å². The van der Waals surface area contributed by atoms with E-state index in [1.165, 1.54) is 38.5 Å². The minimum Gasteiger partial charge on any atom is -0.349 e. The van der Waals surface area contributed by atoms with Crippen LogP contribution >= 0.6 is 46.7 Å². The molecule has 0 spiro atoms. The van der Waals surface area contributed by atoms with Crippen molar-refractivity contribution in [2.45, 2.75) is 95.9 Å². The number of carbonyl (C=O) groups is 2. The highest BCUT2D eigenvalue weighted by Gasteiger charge is 2.24. The molecular formula is C52H46Cl2N4O2S2. The van der Waals surface area contributed by atoms with Crippen LogP contribution < -0.4 is 10.6 Å². The molecule has 2 aliphatic heterocycles. The van der Waals surface area contributed by atoms with Gasteiger partial charge in [-0.2, -0.15) is 0 Å². The van der Waals surface area contributed by atoms with Crippen LogP contribution in [0.1, 0.15) is 107 Å². The molecule has 0 unspecified atom stereocenters. The van der Waals surface area contributed by atoms with Gasteiger partial charge in [0.05, 0.1) is 22.8 Å². The molecule has 0 atom stereocenters. The van der Waals surface area contributed by atoms with Crippen molar-refractivity contribution in [3.05, 3.63) is 177 Å². The molecule has 0 saturated heterocycles. The van der Waals surface area contributed by atoms with Gasteiger partial charge in [-0.25, -0.2) is 9.98 Å². The predicted molar refractivity (Wildman–Crippen MR) is 256 cm³/mol. The number of nitrogens with zero attached hydrogens (tertiary/aromatic N) is 2. The SMILES string of the molecule is O=C(NC1CCCCC1)c1ccc2c(c1)N=C(c1cccc(Cl)c1)c1ccccc1S2.O=C(NC1CCCCC1)c1ccc2c(c1)N=C(c1ccccc1Cl)c1ccccc1S2. The second-order valence-electron chi connectivity index (χ2n) is 16.1. The number of amides is 2. The van der Waals surface area contributed by atoms with Crippen molar-refractivity contribution < 1.29 is 9.59 Å². The summed E-state index contributed by atoms with van der Waals surface area (Å²) in [5.41, 5.74) is 8.59. The Balaban J connectivity index is 0.000000158. The first-order chi connectivity index (χ1) is 30.4. The summed E-state index contributed by atoms with van der Waals surface area (Å²) in [5.74, 6) is -0.0306. The Morgan fingerprint density at radius 2 is 0.968 bits per heavy atom. The van der Waals surface area contributed by atoms with Crippen molar-refractivity contribution in [3.8, 4) is 0 Å². The van der Waals surface area contributed by atoms with Crippen LogP contribution in [0.25, 0.3) is 0 Å². The average molecular weight is 894 g/mol. The molecule has 2 heterocycles. The molecule has 2 amide bonds. The van der Waals surface area contributed by atoms with Crippen molar-refractivity contribution in [3.63, 3.8) is 0 Å². The van der Waals surface area contributed by atoms with Gasteiger partial charge in [-0.05, 0) is 92.4 Å². The Hall–Kier alpha value is -5.12. The number of hydrogen-bond acceptors (Lipinski definition) is 6. The molecule has 10 heteroatoms. The highest BCUT2D eigenvalue weighted by molar-refractivity contribution is 7.99. The zero-order valence-corrected chi connectivity index (χ0v) is 37.4. The van der Waals surface area contributed by atoms with Crippen molar-refractivity contribution >= 4 is 81.3 Å². The molecule has 0 aromatic heterocycles. The summed E-state index contributed by atoms with van der Waals surface area (Å²) in [6.07, 6.45) is 11.6. The van der Waals surface area contributed by atoms with E-state index in [1.54, 1.807) is 23.5 Å². The number of carbonyl (C=O) groups excluding carboxylic acids is 2. The summed E-state index contributed by atoms with van der Waals surface area (Å²) in [7, 11) is 0. The lowest BCUT2D eigenvalue weighted by molar-refractivity contribution is 0.0919. The van der Waals surface area contributed by atoms with Gasteiger partial charge in [0.1, 0.15) is 0 Å². The van der Waals surface area contributed by atoms with Gasteiger partial charge in [-0.1, -0.05) is 152 Å². The third kappa shape index (κ3) is 9.74. The highest BCUT2D eigenvalue weighted by atomic mass is 35.5. The smallest absolute Gasteiger partial charge is 0.251 e. The normalized spacial score (nSPS) is 16.0. The molecule has 2 aliphatic carbocycles. The third-order valence-electron chi connectivity index (χ3n) is 11.7. The largest absolute Gasteiger partial charge is 0.349 e. The Labute approximate surface area is 382 Å². The molecule has 62 heavy (non-hydrogen) atoms. The van der Waals surface area contributed by atoms with Crippen molar-refractivity contribution in [2.75, 3.05) is 0 Å². The molecular weight excluding hydrogens is 848 g/mol. The number of nitrogens with one attached hydrogen (secondary N) is 2. The monoisotopic (exact) mass is 892 g/mol. The van der Waals surface area contributed by atoms with Crippen LogP contribution in [0.3, 0.4) is 0 Å². The van der Waals surface area contributed by atoms with Gasteiger partial charge in [0.15, 0.2) is 0 Å². The van der Waals surface area contributed by atoms with Gasteiger partial charge in [-0.15, -0.1) is 0 Å². The van der Waals surface area contributed by atoms with E-state index in [2.05, 4.69) is 34.9 Å². The molecule has 0 bridgehead atoms. The summed E-state index contributed by atoms with van der Waals surface area (Å²) in [6, 6.07) is 44.2. The molecule has 10 rings (SSSR count). The quantitative estimate of drug-likeness (QED) is 0.174. The van der Waals surface area contributed by atoms with Gasteiger partial charge in [-0.3, -0.25) is 9.59 Å². The molecule has 2 fully saturated rings. The first kappa shape index (κ1) is 42.2. The topological polar surface area (TPSA) is 82.9 Å². The maximum absolute atomic E-state index is 12.9.